The van der Waals surface area contributed by atoms with E-state index in [0.29, 0.717) is 0 Å². The summed E-state index contributed by atoms with van der Waals surface area (Å²) in [5.74, 6) is 0. The molecule has 230 valence electrons. The maximum atomic E-state index is 2.49. The molecule has 0 radical (unpaired) electrons. The predicted molar refractivity (Wildman–Crippen MR) is 209 cm³/mol. The summed E-state index contributed by atoms with van der Waals surface area (Å²) < 4.78 is 7.55. The van der Waals surface area contributed by atoms with Crippen molar-refractivity contribution in [2.75, 3.05) is 0 Å². The van der Waals surface area contributed by atoms with Gasteiger partial charge in [0.2, 0.25) is 0 Å². The number of rotatable bonds is 5. The van der Waals surface area contributed by atoms with Gasteiger partial charge in [-0.25, -0.2) is 0 Å². The molecule has 0 saturated carbocycles. The van der Waals surface area contributed by atoms with E-state index in [1.54, 1.807) is 0 Å². The zero-order valence-electron chi connectivity index (χ0n) is 26.6. The average Bonchev–Trinajstić information content (AvgIpc) is 3.83. The van der Waals surface area contributed by atoms with Crippen molar-refractivity contribution in [3.8, 4) is 45.0 Å². The summed E-state index contributed by atoms with van der Waals surface area (Å²) in [5.41, 5.74) is 11.9. The van der Waals surface area contributed by atoms with Gasteiger partial charge in [0.15, 0.2) is 0 Å². The molecule has 0 fully saturated rings. The van der Waals surface area contributed by atoms with Gasteiger partial charge in [-0.3, -0.25) is 0 Å². The lowest BCUT2D eigenvalue weighted by Gasteiger charge is -2.16. The number of fused-ring (bicyclic) bond motifs is 5. The second-order valence-corrected chi connectivity index (χ2v) is 13.6. The van der Waals surface area contributed by atoms with Crippen molar-refractivity contribution in [1.82, 2.24) is 9.13 Å². The summed E-state index contributed by atoms with van der Waals surface area (Å²) in [5, 5.41) is 5.08. The molecule has 2 nitrogen and oxygen atoms in total. The second kappa shape index (κ2) is 11.2. The highest BCUT2D eigenvalue weighted by molar-refractivity contribution is 7.25. The van der Waals surface area contributed by atoms with Gasteiger partial charge in [-0.05, 0) is 53.6 Å². The summed E-state index contributed by atoms with van der Waals surface area (Å²) in [4.78, 5) is 0. The molecule has 7 aromatic carbocycles. The topological polar surface area (TPSA) is 9.86 Å². The summed E-state index contributed by atoms with van der Waals surface area (Å²) >= 11 is 1.87. The van der Waals surface area contributed by atoms with Crippen LogP contribution in [0, 0.1) is 0 Å². The van der Waals surface area contributed by atoms with Crippen molar-refractivity contribution in [3.63, 3.8) is 0 Å². The normalized spacial score (nSPS) is 11.7. The molecule has 0 N–H and O–H groups in total. The molecule has 0 aliphatic heterocycles. The number of aromatic nitrogens is 2. The van der Waals surface area contributed by atoms with Crippen molar-refractivity contribution >= 4 is 53.3 Å². The molecule has 49 heavy (non-hydrogen) atoms. The zero-order chi connectivity index (χ0) is 32.3. The molecule has 3 heterocycles. The third kappa shape index (κ3) is 4.33. The van der Waals surface area contributed by atoms with Crippen LogP contribution in [0.1, 0.15) is 0 Å². The Morgan fingerprint density at radius 1 is 0.327 bits per heavy atom. The minimum Gasteiger partial charge on any atom is -0.309 e. The van der Waals surface area contributed by atoms with Crippen molar-refractivity contribution in [2.24, 2.45) is 0 Å². The molecule has 10 aromatic rings. The SMILES string of the molecule is c1ccc(-c2c(-c3c(-c4ccccc4)n(-c4ccc5c(c4)sc4ccccc45)c4ccccc34)c3ccccc3n2-c2ccccc2)cc1. The fourth-order valence-corrected chi connectivity index (χ4v) is 8.83. The molecule has 10 rings (SSSR count). The van der Waals surface area contributed by atoms with Crippen LogP contribution in [0.15, 0.2) is 182 Å². The number of benzene rings is 7. The highest BCUT2D eigenvalue weighted by Crippen LogP contribution is 2.50. The van der Waals surface area contributed by atoms with Gasteiger partial charge in [0.1, 0.15) is 0 Å². The number of para-hydroxylation sites is 3. The van der Waals surface area contributed by atoms with E-state index < -0.39 is 0 Å². The average molecular weight is 643 g/mol. The van der Waals surface area contributed by atoms with Gasteiger partial charge in [-0.1, -0.05) is 140 Å². The lowest BCUT2D eigenvalue weighted by atomic mass is 9.93. The maximum Gasteiger partial charge on any atom is 0.0620 e. The second-order valence-electron chi connectivity index (χ2n) is 12.5. The summed E-state index contributed by atoms with van der Waals surface area (Å²) in [6, 6.07) is 66.1. The Hall–Kier alpha value is -6.16. The van der Waals surface area contributed by atoms with E-state index in [9.17, 15) is 0 Å². The van der Waals surface area contributed by atoms with Crippen LogP contribution in [0.3, 0.4) is 0 Å². The first kappa shape index (κ1) is 27.9. The molecule has 3 heteroatoms. The van der Waals surface area contributed by atoms with Crippen molar-refractivity contribution in [1.29, 1.82) is 0 Å². The molecule has 0 aliphatic carbocycles. The fourth-order valence-electron chi connectivity index (χ4n) is 7.69. The summed E-state index contributed by atoms with van der Waals surface area (Å²) in [6.07, 6.45) is 0. The Kier molecular flexibility index (Phi) is 6.39. The summed E-state index contributed by atoms with van der Waals surface area (Å²) in [6.45, 7) is 0. The van der Waals surface area contributed by atoms with Crippen molar-refractivity contribution in [3.05, 3.63) is 182 Å². The lowest BCUT2D eigenvalue weighted by Crippen LogP contribution is -1.99. The summed E-state index contributed by atoms with van der Waals surface area (Å²) in [7, 11) is 0. The Balaban J connectivity index is 1.39. The van der Waals surface area contributed by atoms with Crippen LogP contribution in [-0.4, -0.2) is 9.13 Å². The molecule has 0 saturated heterocycles. The monoisotopic (exact) mass is 642 g/mol. The number of thiophene rings is 1. The predicted octanol–water partition coefficient (Wildman–Crippen LogP) is 12.9. The first-order valence-corrected chi connectivity index (χ1v) is 17.5. The van der Waals surface area contributed by atoms with Crippen LogP contribution in [0.5, 0.6) is 0 Å². The highest BCUT2D eigenvalue weighted by atomic mass is 32.1. The van der Waals surface area contributed by atoms with Gasteiger partial charge < -0.3 is 9.13 Å². The van der Waals surface area contributed by atoms with Gasteiger partial charge in [-0.2, -0.15) is 0 Å². The molecular weight excluding hydrogens is 613 g/mol. The largest absolute Gasteiger partial charge is 0.309 e. The van der Waals surface area contributed by atoms with Crippen LogP contribution in [0.25, 0.3) is 87.0 Å². The molecule has 0 aliphatic rings. The van der Waals surface area contributed by atoms with Crippen molar-refractivity contribution in [2.45, 2.75) is 0 Å². The minimum atomic E-state index is 1.14. The number of hydrogen-bond donors (Lipinski definition) is 0. The van der Waals surface area contributed by atoms with Gasteiger partial charge in [0, 0.05) is 53.4 Å². The smallest absolute Gasteiger partial charge is 0.0620 e. The quantitative estimate of drug-likeness (QED) is 0.177. The van der Waals surface area contributed by atoms with E-state index in [1.165, 1.54) is 75.6 Å². The van der Waals surface area contributed by atoms with Gasteiger partial charge in [-0.15, -0.1) is 11.3 Å². The third-order valence-electron chi connectivity index (χ3n) is 9.73. The van der Waals surface area contributed by atoms with Gasteiger partial charge >= 0.3 is 0 Å². The van der Waals surface area contributed by atoms with Crippen LogP contribution in [0.2, 0.25) is 0 Å². The molecule has 0 spiro atoms. The Bertz CT molecular complexity index is 2800. The Morgan fingerprint density at radius 2 is 0.776 bits per heavy atom. The first-order valence-electron chi connectivity index (χ1n) is 16.7. The van der Waals surface area contributed by atoms with Gasteiger partial charge in [0.25, 0.3) is 0 Å². The van der Waals surface area contributed by atoms with E-state index >= 15 is 0 Å². The minimum absolute atomic E-state index is 1.14. The van der Waals surface area contributed by atoms with E-state index in [4.69, 9.17) is 0 Å². The molecular formula is C46H30N2S. The lowest BCUT2D eigenvalue weighted by molar-refractivity contribution is 1.13. The van der Waals surface area contributed by atoms with Crippen LogP contribution in [0.4, 0.5) is 0 Å². The van der Waals surface area contributed by atoms with Crippen LogP contribution < -0.4 is 0 Å². The molecule has 0 unspecified atom stereocenters. The molecule has 0 bridgehead atoms. The maximum absolute atomic E-state index is 2.49. The van der Waals surface area contributed by atoms with Crippen molar-refractivity contribution < 1.29 is 0 Å². The van der Waals surface area contributed by atoms with Crippen LogP contribution in [-0.2, 0) is 0 Å². The van der Waals surface area contributed by atoms with E-state index in [0.717, 1.165) is 11.4 Å². The third-order valence-corrected chi connectivity index (χ3v) is 10.9. The van der Waals surface area contributed by atoms with Gasteiger partial charge in [0.05, 0.1) is 22.4 Å². The van der Waals surface area contributed by atoms with E-state index in [1.807, 2.05) is 11.3 Å². The molecule has 0 amide bonds. The Morgan fingerprint density at radius 3 is 1.37 bits per heavy atom. The zero-order valence-corrected chi connectivity index (χ0v) is 27.4. The fraction of sp³-hybridized carbons (Fsp3) is 0. The number of hydrogen-bond acceptors (Lipinski definition) is 1. The number of nitrogens with zero attached hydrogens (tertiary/aromatic N) is 2. The molecule has 0 atom stereocenters. The standard InChI is InChI=1S/C46H30N2S/c1-4-16-31(17-5-1)45-43(37-23-10-13-25-39(37)47(45)33-20-8-3-9-21-33)44-38-24-11-14-26-40(38)48(46(44)32-18-6-2-7-19-32)34-28-29-36-35-22-12-15-27-41(35)49-42(36)30-34/h1-30H. The van der Waals surface area contributed by atoms with E-state index in [2.05, 4.69) is 191 Å². The Labute approximate surface area is 288 Å². The van der Waals surface area contributed by atoms with Crippen LogP contribution >= 0.6 is 11.3 Å². The highest BCUT2D eigenvalue weighted by Gasteiger charge is 2.28. The van der Waals surface area contributed by atoms with E-state index in [-0.39, 0.29) is 0 Å². The first-order chi connectivity index (χ1) is 24.3. The molecule has 3 aromatic heterocycles.